The largest absolute Gasteiger partial charge is 0.497 e. The maximum Gasteiger partial charge on any atom is 0.264 e. The van der Waals surface area contributed by atoms with Crippen LogP contribution in [0, 0.1) is 6.92 Å². The topological polar surface area (TPSA) is 81.2 Å². The van der Waals surface area contributed by atoms with Crippen molar-refractivity contribution in [1.82, 2.24) is 9.97 Å². The van der Waals surface area contributed by atoms with Gasteiger partial charge in [0.25, 0.3) is 10.0 Å². The van der Waals surface area contributed by atoms with Crippen molar-refractivity contribution >= 4 is 28.4 Å². The van der Waals surface area contributed by atoms with Gasteiger partial charge in [-0.05, 0) is 37.3 Å². The zero-order valence-electron chi connectivity index (χ0n) is 10.9. The quantitative estimate of drug-likeness (QED) is 0.933. The van der Waals surface area contributed by atoms with Crippen molar-refractivity contribution in [3.8, 4) is 5.75 Å². The molecule has 20 heavy (non-hydrogen) atoms. The monoisotopic (exact) mass is 315 g/mol. The summed E-state index contributed by atoms with van der Waals surface area (Å²) < 4.78 is 31.5. The lowest BCUT2D eigenvalue weighted by atomic mass is 10.3. The van der Waals surface area contributed by atoms with Crippen LogP contribution in [-0.4, -0.2) is 25.5 Å². The molecule has 2 aromatic rings. The van der Waals surface area contributed by atoms with E-state index < -0.39 is 10.0 Å². The van der Waals surface area contributed by atoms with E-state index in [9.17, 15) is 8.42 Å². The molecule has 0 aliphatic rings. The molecule has 0 spiro atoms. The van der Waals surface area contributed by atoms with Crippen LogP contribution in [-0.2, 0) is 10.0 Å². The standard InChI is InChI=1S/C12H13N3O3S.ClH/c1-9-7-8-13-12(14-9)15-19(16,17)11-5-3-10(18-2)4-6-11;/h3-8H,1-2H3,(H,13,14,15);1H. The van der Waals surface area contributed by atoms with Gasteiger partial charge in [-0.2, -0.15) is 0 Å². The summed E-state index contributed by atoms with van der Waals surface area (Å²) in [5.74, 6) is 0.640. The lowest BCUT2D eigenvalue weighted by Crippen LogP contribution is -2.15. The third-order valence-corrected chi connectivity index (χ3v) is 3.73. The number of aryl methyl sites for hydroxylation is 1. The Balaban J connectivity index is 0.00000200. The van der Waals surface area contributed by atoms with Gasteiger partial charge in [-0.3, -0.25) is 0 Å². The number of benzene rings is 1. The van der Waals surface area contributed by atoms with Crippen LogP contribution in [0.2, 0.25) is 0 Å². The fourth-order valence-electron chi connectivity index (χ4n) is 1.43. The van der Waals surface area contributed by atoms with E-state index in [4.69, 9.17) is 4.74 Å². The van der Waals surface area contributed by atoms with Crippen molar-refractivity contribution in [2.24, 2.45) is 0 Å². The summed E-state index contributed by atoms with van der Waals surface area (Å²) >= 11 is 0. The second-order valence-electron chi connectivity index (χ2n) is 3.80. The van der Waals surface area contributed by atoms with Gasteiger partial charge in [-0.15, -0.1) is 12.4 Å². The number of halogens is 1. The molecular formula is C12H14ClN3O3S. The minimum atomic E-state index is -3.69. The number of anilines is 1. The van der Waals surface area contributed by atoms with Gasteiger partial charge in [0.2, 0.25) is 5.95 Å². The van der Waals surface area contributed by atoms with Crippen LogP contribution < -0.4 is 9.46 Å². The lowest BCUT2D eigenvalue weighted by molar-refractivity contribution is 0.414. The number of ether oxygens (including phenoxy) is 1. The summed E-state index contributed by atoms with van der Waals surface area (Å²) in [6.07, 6.45) is 1.49. The molecule has 1 aromatic heterocycles. The number of hydrogen-bond acceptors (Lipinski definition) is 5. The van der Waals surface area contributed by atoms with Crippen LogP contribution in [0.3, 0.4) is 0 Å². The molecule has 1 N–H and O–H groups in total. The first-order valence-corrected chi connectivity index (χ1v) is 6.96. The molecular weight excluding hydrogens is 302 g/mol. The summed E-state index contributed by atoms with van der Waals surface area (Å²) in [4.78, 5) is 7.97. The molecule has 1 aromatic carbocycles. The molecule has 0 amide bonds. The van der Waals surface area contributed by atoms with E-state index >= 15 is 0 Å². The first-order valence-electron chi connectivity index (χ1n) is 5.48. The number of sulfonamides is 1. The van der Waals surface area contributed by atoms with Gasteiger partial charge < -0.3 is 4.74 Å². The fourth-order valence-corrected chi connectivity index (χ4v) is 2.38. The predicted octanol–water partition coefficient (Wildman–Crippen LogP) is 2.02. The first kappa shape index (κ1) is 16.2. The molecule has 6 nitrogen and oxygen atoms in total. The number of nitrogens with zero attached hydrogens (tertiary/aromatic N) is 2. The smallest absolute Gasteiger partial charge is 0.264 e. The molecule has 0 aliphatic carbocycles. The number of nitrogens with one attached hydrogen (secondary N) is 1. The summed E-state index contributed by atoms with van der Waals surface area (Å²) in [6.45, 7) is 1.76. The van der Waals surface area contributed by atoms with Crippen LogP contribution in [0.15, 0.2) is 41.4 Å². The Morgan fingerprint density at radius 2 is 1.80 bits per heavy atom. The highest BCUT2D eigenvalue weighted by Crippen LogP contribution is 2.17. The summed E-state index contributed by atoms with van der Waals surface area (Å²) in [7, 11) is -2.17. The Labute approximate surface area is 123 Å². The maximum absolute atomic E-state index is 12.1. The van der Waals surface area contributed by atoms with E-state index in [0.29, 0.717) is 11.4 Å². The maximum atomic E-state index is 12.1. The Bertz CT molecular complexity index is 675. The first-order chi connectivity index (χ1) is 9.01. The van der Waals surface area contributed by atoms with E-state index in [1.165, 1.54) is 25.4 Å². The Morgan fingerprint density at radius 1 is 1.15 bits per heavy atom. The molecule has 0 saturated heterocycles. The van der Waals surface area contributed by atoms with Crippen LogP contribution in [0.1, 0.15) is 5.69 Å². The highest BCUT2D eigenvalue weighted by Gasteiger charge is 2.15. The number of aromatic nitrogens is 2. The van der Waals surface area contributed by atoms with Gasteiger partial charge >= 0.3 is 0 Å². The summed E-state index contributed by atoms with van der Waals surface area (Å²) in [6, 6.07) is 7.75. The molecule has 0 saturated carbocycles. The molecule has 0 aliphatic heterocycles. The second kappa shape index (κ2) is 6.53. The average molecular weight is 316 g/mol. The number of hydrogen-bond donors (Lipinski definition) is 1. The number of methoxy groups -OCH3 is 1. The Morgan fingerprint density at radius 3 is 2.35 bits per heavy atom. The third-order valence-electron chi connectivity index (χ3n) is 2.39. The zero-order valence-corrected chi connectivity index (χ0v) is 12.5. The zero-order chi connectivity index (χ0) is 13.9. The minimum absolute atomic E-state index is 0. The van der Waals surface area contributed by atoms with Crippen LogP contribution in [0.25, 0.3) is 0 Å². The Hall–Kier alpha value is -1.86. The lowest BCUT2D eigenvalue weighted by Gasteiger charge is -2.07. The van der Waals surface area contributed by atoms with Gasteiger partial charge in [0.15, 0.2) is 0 Å². The Kier molecular flexibility index (Phi) is 5.29. The van der Waals surface area contributed by atoms with Gasteiger partial charge in [0, 0.05) is 11.9 Å². The van der Waals surface area contributed by atoms with Crippen LogP contribution in [0.5, 0.6) is 5.75 Å². The van der Waals surface area contributed by atoms with Crippen LogP contribution >= 0.6 is 12.4 Å². The number of rotatable bonds is 4. The molecule has 0 atom stereocenters. The van der Waals surface area contributed by atoms with E-state index in [1.807, 2.05) is 0 Å². The van der Waals surface area contributed by atoms with Gasteiger partial charge in [-0.25, -0.2) is 23.1 Å². The summed E-state index contributed by atoms with van der Waals surface area (Å²) in [5, 5.41) is 0. The van der Waals surface area contributed by atoms with Crippen molar-refractivity contribution in [1.29, 1.82) is 0 Å². The third kappa shape index (κ3) is 3.82. The summed E-state index contributed by atoms with van der Waals surface area (Å²) in [5.41, 5.74) is 0.683. The SMILES string of the molecule is COc1ccc(S(=O)(=O)Nc2nccc(C)n2)cc1.Cl. The van der Waals surface area contributed by atoms with Gasteiger partial charge in [0.1, 0.15) is 5.75 Å². The molecule has 8 heteroatoms. The van der Waals surface area contributed by atoms with Crippen molar-refractivity contribution < 1.29 is 13.2 Å². The van der Waals surface area contributed by atoms with E-state index in [0.717, 1.165) is 0 Å². The minimum Gasteiger partial charge on any atom is -0.497 e. The normalized spacial score (nSPS) is 10.5. The predicted molar refractivity (Wildman–Crippen MR) is 77.8 cm³/mol. The molecule has 0 unspecified atom stereocenters. The van der Waals surface area contributed by atoms with Gasteiger partial charge in [-0.1, -0.05) is 0 Å². The molecule has 0 bridgehead atoms. The highest BCUT2D eigenvalue weighted by molar-refractivity contribution is 7.92. The van der Waals surface area contributed by atoms with Crippen molar-refractivity contribution in [3.63, 3.8) is 0 Å². The van der Waals surface area contributed by atoms with Crippen molar-refractivity contribution in [3.05, 3.63) is 42.2 Å². The molecule has 108 valence electrons. The molecule has 2 rings (SSSR count). The fraction of sp³-hybridized carbons (Fsp3) is 0.167. The van der Waals surface area contributed by atoms with Crippen LogP contribution in [0.4, 0.5) is 5.95 Å². The molecule has 0 fully saturated rings. The van der Waals surface area contributed by atoms with Crippen molar-refractivity contribution in [2.75, 3.05) is 11.8 Å². The van der Waals surface area contributed by atoms with Gasteiger partial charge in [0.05, 0.1) is 12.0 Å². The van der Waals surface area contributed by atoms with Crippen molar-refractivity contribution in [2.45, 2.75) is 11.8 Å². The average Bonchev–Trinajstić information content (AvgIpc) is 2.38. The van der Waals surface area contributed by atoms with E-state index in [-0.39, 0.29) is 23.3 Å². The second-order valence-corrected chi connectivity index (χ2v) is 5.49. The van der Waals surface area contributed by atoms with E-state index in [2.05, 4.69) is 14.7 Å². The molecule has 0 radical (unpaired) electrons. The highest BCUT2D eigenvalue weighted by atomic mass is 35.5. The molecule has 1 heterocycles. The van der Waals surface area contributed by atoms with E-state index in [1.54, 1.807) is 25.1 Å².